The van der Waals surface area contributed by atoms with Crippen LogP contribution in [-0.4, -0.2) is 78.9 Å². The normalized spacial score (nSPS) is 20.8. The Morgan fingerprint density at radius 2 is 1.76 bits per heavy atom. The van der Waals surface area contributed by atoms with Crippen LogP contribution in [0.2, 0.25) is 0 Å². The molecule has 0 aliphatic carbocycles. The van der Waals surface area contributed by atoms with E-state index >= 15 is 0 Å². The summed E-state index contributed by atoms with van der Waals surface area (Å²) in [6.45, 7) is 8.56. The van der Waals surface area contributed by atoms with Gasteiger partial charge in [0.15, 0.2) is 0 Å². The fraction of sp³-hybridized carbons (Fsp3) is 0.824. The number of anilines is 2. The highest BCUT2D eigenvalue weighted by molar-refractivity contribution is 5.38. The number of nitrogens with one attached hydrogen (secondary N) is 1. The highest BCUT2D eigenvalue weighted by Gasteiger charge is 2.19. The van der Waals surface area contributed by atoms with Gasteiger partial charge in [-0.2, -0.15) is 15.0 Å². The van der Waals surface area contributed by atoms with Crippen molar-refractivity contribution < 1.29 is 9.47 Å². The van der Waals surface area contributed by atoms with Crippen LogP contribution in [0.4, 0.5) is 11.9 Å². The lowest BCUT2D eigenvalue weighted by molar-refractivity contribution is 0.0227. The first kappa shape index (κ1) is 18.1. The van der Waals surface area contributed by atoms with E-state index in [4.69, 9.17) is 9.47 Å². The minimum atomic E-state index is 0.371. The Kier molecular flexibility index (Phi) is 6.63. The third-order valence-corrected chi connectivity index (χ3v) is 4.90. The Labute approximate surface area is 149 Å². The van der Waals surface area contributed by atoms with Gasteiger partial charge in [0.05, 0.1) is 20.3 Å². The minimum absolute atomic E-state index is 0.371. The molecule has 2 aliphatic heterocycles. The van der Waals surface area contributed by atoms with Crippen LogP contribution >= 0.6 is 0 Å². The fourth-order valence-electron chi connectivity index (χ4n) is 3.31. The zero-order valence-corrected chi connectivity index (χ0v) is 15.4. The Balaban J connectivity index is 1.64. The van der Waals surface area contributed by atoms with E-state index in [1.54, 1.807) is 7.11 Å². The van der Waals surface area contributed by atoms with Gasteiger partial charge >= 0.3 is 6.01 Å². The molecule has 0 bridgehead atoms. The molecule has 0 spiro atoms. The molecule has 1 atom stereocenters. The van der Waals surface area contributed by atoms with Crippen LogP contribution in [0.3, 0.4) is 0 Å². The van der Waals surface area contributed by atoms with Crippen LogP contribution in [0, 0.1) is 0 Å². The molecule has 0 amide bonds. The Morgan fingerprint density at radius 1 is 1.04 bits per heavy atom. The van der Waals surface area contributed by atoms with Gasteiger partial charge < -0.3 is 19.7 Å². The van der Waals surface area contributed by atoms with Crippen molar-refractivity contribution in [3.63, 3.8) is 0 Å². The van der Waals surface area contributed by atoms with Gasteiger partial charge in [-0.15, -0.1) is 0 Å². The van der Waals surface area contributed by atoms with Crippen molar-refractivity contribution in [3.05, 3.63) is 0 Å². The molecule has 25 heavy (non-hydrogen) atoms. The zero-order valence-electron chi connectivity index (χ0n) is 15.4. The number of hydrogen-bond donors (Lipinski definition) is 1. The standard InChI is InChI=1S/C17H30N6O2/c1-14(22-9-11-25-12-10-22)13-18-15-19-16(21-17(20-15)24-2)23-7-5-3-4-6-8-23/h14H,3-13H2,1-2H3,(H,18,19,20,21). The molecule has 8 heteroatoms. The van der Waals surface area contributed by atoms with E-state index in [1.807, 2.05) is 0 Å². The topological polar surface area (TPSA) is 75.6 Å². The third-order valence-electron chi connectivity index (χ3n) is 4.90. The summed E-state index contributed by atoms with van der Waals surface area (Å²) < 4.78 is 10.7. The summed E-state index contributed by atoms with van der Waals surface area (Å²) in [6, 6.07) is 0.768. The van der Waals surface area contributed by atoms with E-state index in [2.05, 4.69) is 37.0 Å². The fourth-order valence-corrected chi connectivity index (χ4v) is 3.31. The minimum Gasteiger partial charge on any atom is -0.467 e. The average Bonchev–Trinajstić information content (AvgIpc) is 2.96. The molecule has 140 valence electrons. The lowest BCUT2D eigenvalue weighted by atomic mass is 10.2. The molecule has 1 N–H and O–H groups in total. The first-order valence-electron chi connectivity index (χ1n) is 9.37. The van der Waals surface area contributed by atoms with E-state index in [9.17, 15) is 0 Å². The van der Waals surface area contributed by atoms with Crippen LogP contribution in [0.25, 0.3) is 0 Å². The lowest BCUT2D eigenvalue weighted by Gasteiger charge is -2.32. The third kappa shape index (κ3) is 5.15. The molecule has 0 radical (unpaired) electrons. The second-order valence-electron chi connectivity index (χ2n) is 6.73. The van der Waals surface area contributed by atoms with Crippen molar-refractivity contribution in [2.75, 3.05) is 63.3 Å². The van der Waals surface area contributed by atoms with E-state index in [1.165, 1.54) is 25.7 Å². The summed E-state index contributed by atoms with van der Waals surface area (Å²) >= 11 is 0. The first-order chi connectivity index (χ1) is 12.3. The monoisotopic (exact) mass is 350 g/mol. The van der Waals surface area contributed by atoms with Gasteiger partial charge in [0.2, 0.25) is 11.9 Å². The van der Waals surface area contributed by atoms with Gasteiger partial charge in [-0.3, -0.25) is 4.90 Å². The predicted molar refractivity (Wildman–Crippen MR) is 97.4 cm³/mol. The number of aromatic nitrogens is 3. The van der Waals surface area contributed by atoms with E-state index in [0.717, 1.165) is 51.9 Å². The molecular formula is C17H30N6O2. The van der Waals surface area contributed by atoms with Crippen LogP contribution in [0.5, 0.6) is 6.01 Å². The summed E-state index contributed by atoms with van der Waals surface area (Å²) in [5.41, 5.74) is 0. The van der Waals surface area contributed by atoms with Crippen LogP contribution < -0.4 is 15.0 Å². The quantitative estimate of drug-likeness (QED) is 0.825. The van der Waals surface area contributed by atoms with Crippen molar-refractivity contribution >= 4 is 11.9 Å². The molecular weight excluding hydrogens is 320 g/mol. The molecule has 2 aliphatic rings. The molecule has 2 saturated heterocycles. The lowest BCUT2D eigenvalue weighted by Crippen LogP contribution is -2.45. The maximum atomic E-state index is 5.42. The summed E-state index contributed by atoms with van der Waals surface area (Å²) in [6.07, 6.45) is 4.93. The summed E-state index contributed by atoms with van der Waals surface area (Å²) in [5, 5.41) is 3.36. The summed E-state index contributed by atoms with van der Waals surface area (Å²) in [7, 11) is 1.60. The molecule has 0 saturated carbocycles. The molecule has 0 aromatic carbocycles. The number of hydrogen-bond acceptors (Lipinski definition) is 8. The van der Waals surface area contributed by atoms with Crippen LogP contribution in [0.15, 0.2) is 0 Å². The van der Waals surface area contributed by atoms with Crippen molar-refractivity contribution in [1.82, 2.24) is 19.9 Å². The van der Waals surface area contributed by atoms with Crippen molar-refractivity contribution in [3.8, 4) is 6.01 Å². The van der Waals surface area contributed by atoms with Gasteiger partial charge in [0.1, 0.15) is 0 Å². The molecule has 3 heterocycles. The van der Waals surface area contributed by atoms with Gasteiger partial charge in [-0.25, -0.2) is 0 Å². The van der Waals surface area contributed by atoms with E-state index in [-0.39, 0.29) is 0 Å². The number of nitrogens with zero attached hydrogens (tertiary/aromatic N) is 5. The zero-order chi connectivity index (χ0) is 17.5. The largest absolute Gasteiger partial charge is 0.467 e. The second-order valence-corrected chi connectivity index (χ2v) is 6.73. The van der Waals surface area contributed by atoms with Crippen LogP contribution in [-0.2, 0) is 4.74 Å². The number of rotatable bonds is 6. The maximum Gasteiger partial charge on any atom is 0.322 e. The van der Waals surface area contributed by atoms with E-state index < -0.39 is 0 Å². The number of morpholine rings is 1. The Hall–Kier alpha value is -1.67. The Bertz CT molecular complexity index is 530. The summed E-state index contributed by atoms with van der Waals surface area (Å²) in [5.74, 6) is 1.31. The van der Waals surface area contributed by atoms with Gasteiger partial charge in [-0.1, -0.05) is 12.8 Å². The average molecular weight is 350 g/mol. The second kappa shape index (κ2) is 9.15. The maximum absolute atomic E-state index is 5.42. The smallest absolute Gasteiger partial charge is 0.322 e. The number of ether oxygens (including phenoxy) is 2. The molecule has 1 aromatic rings. The molecule has 3 rings (SSSR count). The molecule has 8 nitrogen and oxygen atoms in total. The van der Waals surface area contributed by atoms with Gasteiger partial charge in [-0.05, 0) is 19.8 Å². The van der Waals surface area contributed by atoms with Crippen molar-refractivity contribution in [1.29, 1.82) is 0 Å². The summed E-state index contributed by atoms with van der Waals surface area (Å²) in [4.78, 5) is 18.1. The van der Waals surface area contributed by atoms with Crippen molar-refractivity contribution in [2.24, 2.45) is 0 Å². The first-order valence-corrected chi connectivity index (χ1v) is 9.37. The van der Waals surface area contributed by atoms with Gasteiger partial charge in [0.25, 0.3) is 0 Å². The predicted octanol–water partition coefficient (Wildman–Crippen LogP) is 1.39. The SMILES string of the molecule is COc1nc(NCC(C)N2CCOCC2)nc(N2CCCCCC2)n1. The van der Waals surface area contributed by atoms with Gasteiger partial charge in [0, 0.05) is 38.8 Å². The van der Waals surface area contributed by atoms with Crippen LogP contribution in [0.1, 0.15) is 32.6 Å². The highest BCUT2D eigenvalue weighted by atomic mass is 16.5. The molecule has 1 unspecified atom stereocenters. The van der Waals surface area contributed by atoms with E-state index in [0.29, 0.717) is 18.0 Å². The number of methoxy groups -OCH3 is 1. The Morgan fingerprint density at radius 3 is 2.44 bits per heavy atom. The van der Waals surface area contributed by atoms with Crippen molar-refractivity contribution in [2.45, 2.75) is 38.6 Å². The molecule has 1 aromatic heterocycles. The molecule has 2 fully saturated rings. The highest BCUT2D eigenvalue weighted by Crippen LogP contribution is 2.19.